The molecule has 0 N–H and O–H groups in total. The smallest absolute Gasteiger partial charge is 0.124 e. The lowest BCUT2D eigenvalue weighted by molar-refractivity contribution is 0.191. The van der Waals surface area contributed by atoms with E-state index in [1.165, 1.54) is 56.0 Å². The number of rotatable bonds is 5. The predicted octanol–water partition coefficient (Wildman–Crippen LogP) is 6.97. The fourth-order valence-corrected chi connectivity index (χ4v) is 8.21. The minimum absolute atomic E-state index is 0.106. The van der Waals surface area contributed by atoms with Crippen LogP contribution < -0.4 is 9.47 Å². The largest absolute Gasteiger partial charge is 0.490 e. The molecule has 1 fully saturated rings. The van der Waals surface area contributed by atoms with E-state index in [4.69, 9.17) is 9.47 Å². The van der Waals surface area contributed by atoms with E-state index in [2.05, 4.69) is 62.4 Å². The van der Waals surface area contributed by atoms with Gasteiger partial charge in [0.2, 0.25) is 0 Å². The molecule has 5 heteroatoms. The second kappa shape index (κ2) is 9.67. The molecule has 0 saturated carbocycles. The van der Waals surface area contributed by atoms with Gasteiger partial charge < -0.3 is 9.47 Å². The molecular formula is C30H32O3S2. The summed E-state index contributed by atoms with van der Waals surface area (Å²) in [7, 11) is -0.664. The van der Waals surface area contributed by atoms with Crippen molar-refractivity contribution in [1.29, 1.82) is 0 Å². The molecule has 3 nitrogen and oxygen atoms in total. The van der Waals surface area contributed by atoms with Crippen LogP contribution in [-0.4, -0.2) is 27.6 Å². The number of hydrogen-bond acceptors (Lipinski definition) is 4. The molecule has 2 aliphatic heterocycles. The summed E-state index contributed by atoms with van der Waals surface area (Å²) in [5, 5.41) is 0. The molecule has 0 spiro atoms. The zero-order valence-corrected chi connectivity index (χ0v) is 22.1. The Bertz CT molecular complexity index is 1270. The lowest BCUT2D eigenvalue weighted by Gasteiger charge is -2.24. The third kappa shape index (κ3) is 4.65. The molecule has 3 aromatic carbocycles. The first-order chi connectivity index (χ1) is 17.0. The molecule has 182 valence electrons. The maximum absolute atomic E-state index is 11.7. The molecule has 1 unspecified atom stereocenters. The molecule has 0 bridgehead atoms. The number of aryl methyl sites for hydroxylation is 3. The van der Waals surface area contributed by atoms with E-state index < -0.39 is 10.8 Å². The fraction of sp³-hybridized carbons (Fsp3) is 0.400. The summed E-state index contributed by atoms with van der Waals surface area (Å²) in [6, 6.07) is 17.7. The van der Waals surface area contributed by atoms with Crippen molar-refractivity contribution in [2.45, 2.75) is 63.1 Å². The van der Waals surface area contributed by atoms with Crippen molar-refractivity contribution in [3.05, 3.63) is 76.3 Å². The number of fused-ring (bicyclic) bond motifs is 2. The van der Waals surface area contributed by atoms with Gasteiger partial charge in [0.15, 0.2) is 0 Å². The summed E-state index contributed by atoms with van der Waals surface area (Å²) in [6.45, 7) is 4.38. The summed E-state index contributed by atoms with van der Waals surface area (Å²) >= 11 is 1.94. The van der Waals surface area contributed by atoms with Gasteiger partial charge in [0.25, 0.3) is 0 Å². The van der Waals surface area contributed by atoms with Gasteiger partial charge in [-0.3, -0.25) is 4.21 Å². The third-order valence-corrected chi connectivity index (χ3v) is 10.1. The zero-order chi connectivity index (χ0) is 23.9. The quantitative estimate of drug-likeness (QED) is 0.376. The SMILES string of the molecule is Cc1cc(OC2CCS(=O)CC2)cc(C)c1-c1cccc2c1CCC2Oc1ccc2c(c1)SCC2. The number of hydrogen-bond donors (Lipinski definition) is 0. The van der Waals surface area contributed by atoms with E-state index >= 15 is 0 Å². The molecule has 2 heterocycles. The molecule has 0 radical (unpaired) electrons. The van der Waals surface area contributed by atoms with Gasteiger partial charge in [-0.2, -0.15) is 0 Å². The molecule has 0 aromatic heterocycles. The van der Waals surface area contributed by atoms with E-state index in [-0.39, 0.29) is 12.2 Å². The Labute approximate surface area is 215 Å². The number of benzene rings is 3. The lowest BCUT2D eigenvalue weighted by atomic mass is 9.90. The van der Waals surface area contributed by atoms with Crippen LogP contribution in [0.2, 0.25) is 0 Å². The topological polar surface area (TPSA) is 35.5 Å². The Balaban J connectivity index is 1.25. The second-order valence-electron chi connectivity index (χ2n) is 9.98. The molecule has 1 saturated heterocycles. The Hall–Kier alpha value is -2.24. The summed E-state index contributed by atoms with van der Waals surface area (Å²) in [5.41, 5.74) is 9.32. The minimum Gasteiger partial charge on any atom is -0.490 e. The third-order valence-electron chi connectivity index (χ3n) is 7.57. The average molecular weight is 505 g/mol. The lowest BCUT2D eigenvalue weighted by Crippen LogP contribution is -2.27. The average Bonchev–Trinajstić information content (AvgIpc) is 3.47. The van der Waals surface area contributed by atoms with Crippen molar-refractivity contribution < 1.29 is 13.7 Å². The van der Waals surface area contributed by atoms with Gasteiger partial charge in [-0.15, -0.1) is 11.8 Å². The Kier molecular flexibility index (Phi) is 6.40. The zero-order valence-electron chi connectivity index (χ0n) is 20.5. The highest BCUT2D eigenvalue weighted by Crippen LogP contribution is 2.43. The van der Waals surface area contributed by atoms with E-state index in [1.54, 1.807) is 0 Å². The van der Waals surface area contributed by atoms with Gasteiger partial charge in [0.05, 0.1) is 0 Å². The van der Waals surface area contributed by atoms with Crippen molar-refractivity contribution in [1.82, 2.24) is 0 Å². The Morgan fingerprint density at radius 3 is 2.49 bits per heavy atom. The molecule has 35 heavy (non-hydrogen) atoms. The standard InChI is InChI=1S/C30H32O3S2/c1-19-16-24(32-22-11-14-35(31)15-12-22)17-20(2)30(19)27-5-3-4-26-25(27)8-9-28(26)33-23-7-6-21-10-13-34-29(21)18-23/h3-7,16-18,22,28H,8-15H2,1-2H3. The Morgan fingerprint density at radius 2 is 1.69 bits per heavy atom. The summed E-state index contributed by atoms with van der Waals surface area (Å²) in [5.74, 6) is 4.61. The molecule has 6 rings (SSSR count). The van der Waals surface area contributed by atoms with Gasteiger partial charge in [-0.05, 0) is 109 Å². The predicted molar refractivity (Wildman–Crippen MR) is 145 cm³/mol. The van der Waals surface area contributed by atoms with Crippen LogP contribution in [0.15, 0.2) is 53.4 Å². The van der Waals surface area contributed by atoms with Crippen molar-refractivity contribution in [3.63, 3.8) is 0 Å². The molecular weight excluding hydrogens is 472 g/mol. The van der Waals surface area contributed by atoms with E-state index in [1.807, 2.05) is 11.8 Å². The van der Waals surface area contributed by atoms with Crippen LogP contribution in [0.5, 0.6) is 11.5 Å². The first-order valence-corrected chi connectivity index (χ1v) is 15.2. The van der Waals surface area contributed by atoms with Crippen LogP contribution in [0.25, 0.3) is 11.1 Å². The summed E-state index contributed by atoms with van der Waals surface area (Å²) < 4.78 is 24.5. The first kappa shape index (κ1) is 23.2. The van der Waals surface area contributed by atoms with Crippen LogP contribution >= 0.6 is 11.8 Å². The number of thioether (sulfide) groups is 1. The number of ether oxygens (including phenoxy) is 2. The highest BCUT2D eigenvalue weighted by molar-refractivity contribution is 7.99. The van der Waals surface area contributed by atoms with E-state index in [9.17, 15) is 4.21 Å². The van der Waals surface area contributed by atoms with Crippen molar-refractivity contribution >= 4 is 22.6 Å². The molecule has 0 amide bonds. The van der Waals surface area contributed by atoms with Crippen LogP contribution in [0.1, 0.15) is 53.2 Å². The summed E-state index contributed by atoms with van der Waals surface area (Å²) in [4.78, 5) is 1.38. The van der Waals surface area contributed by atoms with Crippen LogP contribution in [0, 0.1) is 13.8 Å². The summed E-state index contributed by atoms with van der Waals surface area (Å²) in [6.07, 6.45) is 5.25. The maximum Gasteiger partial charge on any atom is 0.124 e. The molecule has 3 aromatic rings. The van der Waals surface area contributed by atoms with Gasteiger partial charge in [-0.25, -0.2) is 0 Å². The molecule has 1 aliphatic carbocycles. The highest BCUT2D eigenvalue weighted by atomic mass is 32.2. The molecule has 3 aliphatic rings. The van der Waals surface area contributed by atoms with E-state index in [0.29, 0.717) is 0 Å². The molecule has 1 atom stereocenters. The van der Waals surface area contributed by atoms with Crippen molar-refractivity contribution in [2.24, 2.45) is 0 Å². The van der Waals surface area contributed by atoms with Gasteiger partial charge in [0, 0.05) is 33.0 Å². The van der Waals surface area contributed by atoms with Gasteiger partial charge in [0.1, 0.15) is 23.7 Å². The van der Waals surface area contributed by atoms with E-state index in [0.717, 1.165) is 48.7 Å². The minimum atomic E-state index is -0.664. The van der Waals surface area contributed by atoms with Crippen LogP contribution in [-0.2, 0) is 23.6 Å². The Morgan fingerprint density at radius 1 is 0.886 bits per heavy atom. The normalized spacial score (nSPS) is 23.1. The van der Waals surface area contributed by atoms with Gasteiger partial charge in [-0.1, -0.05) is 24.3 Å². The first-order valence-electron chi connectivity index (χ1n) is 12.7. The highest BCUT2D eigenvalue weighted by Gasteiger charge is 2.28. The van der Waals surface area contributed by atoms with Gasteiger partial charge >= 0.3 is 0 Å². The van der Waals surface area contributed by atoms with Crippen LogP contribution in [0.4, 0.5) is 0 Å². The van der Waals surface area contributed by atoms with Crippen molar-refractivity contribution in [2.75, 3.05) is 17.3 Å². The second-order valence-corrected chi connectivity index (χ2v) is 12.8. The van der Waals surface area contributed by atoms with Crippen molar-refractivity contribution in [3.8, 4) is 22.6 Å². The monoisotopic (exact) mass is 504 g/mol. The van der Waals surface area contributed by atoms with Crippen LogP contribution in [0.3, 0.4) is 0 Å². The maximum atomic E-state index is 11.7. The fourth-order valence-electron chi connectivity index (χ4n) is 5.86.